The minimum atomic E-state index is -0.340. The number of hydrogen-bond donors (Lipinski definition) is 1. The summed E-state index contributed by atoms with van der Waals surface area (Å²) in [7, 11) is 0. The van der Waals surface area contributed by atoms with Crippen LogP contribution in [0.4, 0.5) is 0 Å². The lowest BCUT2D eigenvalue weighted by Gasteiger charge is -2.34. The van der Waals surface area contributed by atoms with E-state index in [-0.39, 0.29) is 17.9 Å². The maximum Gasteiger partial charge on any atom is 0.236 e. The minimum absolute atomic E-state index is 0. The number of nitrogens with zero attached hydrogens (tertiary/aromatic N) is 3. The Hall–Kier alpha value is -1.11. The van der Waals surface area contributed by atoms with E-state index in [1.807, 2.05) is 18.2 Å². The topological polar surface area (TPSA) is 77.8 Å². The highest BCUT2D eigenvalue weighted by molar-refractivity contribution is 7.97. The third-order valence-corrected chi connectivity index (χ3v) is 4.31. The van der Waals surface area contributed by atoms with Gasteiger partial charge in [-0.1, -0.05) is 11.2 Å². The molecule has 7 heteroatoms. The van der Waals surface area contributed by atoms with Gasteiger partial charge in [0.25, 0.3) is 0 Å². The highest BCUT2D eigenvalue weighted by atomic mass is 35.5. The number of halogens is 1. The summed E-state index contributed by atoms with van der Waals surface area (Å²) in [6.07, 6.45) is 4.85. The molecule has 0 atom stereocenters. The largest absolute Gasteiger partial charge is 0.338 e. The molecule has 2 N–H and O–H groups in total. The van der Waals surface area contributed by atoms with Gasteiger partial charge in [0.05, 0.1) is 17.0 Å². The molecule has 0 saturated heterocycles. The van der Waals surface area contributed by atoms with Gasteiger partial charge in [-0.05, 0) is 31.4 Å². The molecule has 1 aliphatic carbocycles. The van der Waals surface area contributed by atoms with E-state index in [4.69, 9.17) is 10.3 Å². The Bertz CT molecular complexity index is 544. The fourth-order valence-corrected chi connectivity index (χ4v) is 2.80. The van der Waals surface area contributed by atoms with Crippen molar-refractivity contribution in [3.8, 4) is 0 Å². The van der Waals surface area contributed by atoms with Gasteiger partial charge < -0.3 is 10.3 Å². The van der Waals surface area contributed by atoms with Crippen molar-refractivity contribution in [3.63, 3.8) is 0 Å². The zero-order valence-corrected chi connectivity index (χ0v) is 12.6. The first-order valence-electron chi connectivity index (χ1n) is 6.36. The summed E-state index contributed by atoms with van der Waals surface area (Å²) < 4.78 is 5.24. The number of thioether (sulfide) groups is 1. The predicted molar refractivity (Wildman–Crippen MR) is 80.5 cm³/mol. The van der Waals surface area contributed by atoms with Crippen LogP contribution in [0.25, 0.3) is 0 Å². The summed E-state index contributed by atoms with van der Waals surface area (Å²) >= 11 is 1.71. The first kappa shape index (κ1) is 15.3. The van der Waals surface area contributed by atoms with Gasteiger partial charge in [0.2, 0.25) is 5.89 Å². The highest BCUT2D eigenvalue weighted by Gasteiger charge is 2.38. The maximum atomic E-state index is 6.16. The molecule has 0 bridgehead atoms. The Morgan fingerprint density at radius 3 is 2.80 bits per heavy atom. The molecular formula is C13H17ClN4OS. The molecule has 3 rings (SSSR count). The van der Waals surface area contributed by atoms with Crippen molar-refractivity contribution < 1.29 is 4.52 Å². The molecule has 1 aliphatic rings. The van der Waals surface area contributed by atoms with Crippen LogP contribution in [0.3, 0.4) is 0 Å². The average molecular weight is 313 g/mol. The van der Waals surface area contributed by atoms with Gasteiger partial charge in [0.1, 0.15) is 0 Å². The quantitative estimate of drug-likeness (QED) is 0.914. The molecule has 20 heavy (non-hydrogen) atoms. The summed E-state index contributed by atoms with van der Waals surface area (Å²) in [5.74, 6) is 2.84. The standard InChI is InChI=1S/C13H16N4OS.ClH/c14-13(5-3-6-13)12-16-11(18-17-12)9-19-8-10-4-1-2-7-15-10;/h1-2,4,7H,3,5-6,8-9,14H2;1H. The van der Waals surface area contributed by atoms with Crippen molar-refractivity contribution in [2.75, 3.05) is 0 Å². The molecule has 1 fully saturated rings. The fourth-order valence-electron chi connectivity index (χ4n) is 2.02. The third kappa shape index (κ3) is 3.31. The Labute approximate surface area is 128 Å². The van der Waals surface area contributed by atoms with Gasteiger partial charge in [0.15, 0.2) is 5.82 Å². The Morgan fingerprint density at radius 1 is 1.30 bits per heavy atom. The van der Waals surface area contributed by atoms with Gasteiger partial charge in [-0.15, -0.1) is 24.2 Å². The van der Waals surface area contributed by atoms with Crippen LogP contribution >= 0.6 is 24.2 Å². The number of rotatable bonds is 5. The number of hydrogen-bond acceptors (Lipinski definition) is 6. The summed E-state index contributed by atoms with van der Waals surface area (Å²) in [6.45, 7) is 0. The zero-order chi connectivity index (χ0) is 13.1. The van der Waals surface area contributed by atoms with E-state index >= 15 is 0 Å². The number of aromatic nitrogens is 3. The van der Waals surface area contributed by atoms with E-state index < -0.39 is 0 Å². The van der Waals surface area contributed by atoms with E-state index in [0.717, 1.165) is 30.7 Å². The molecule has 0 amide bonds. The molecule has 5 nitrogen and oxygen atoms in total. The molecule has 0 radical (unpaired) electrons. The van der Waals surface area contributed by atoms with E-state index in [0.29, 0.717) is 17.5 Å². The molecule has 0 unspecified atom stereocenters. The molecule has 0 spiro atoms. The summed E-state index contributed by atoms with van der Waals surface area (Å²) in [6, 6.07) is 5.91. The second-order valence-electron chi connectivity index (χ2n) is 4.84. The van der Waals surface area contributed by atoms with Crippen molar-refractivity contribution in [1.82, 2.24) is 15.1 Å². The van der Waals surface area contributed by atoms with Gasteiger partial charge in [-0.25, -0.2) is 0 Å². The minimum Gasteiger partial charge on any atom is -0.338 e. The van der Waals surface area contributed by atoms with Gasteiger partial charge >= 0.3 is 0 Å². The summed E-state index contributed by atoms with van der Waals surface area (Å²) in [5, 5.41) is 4.00. The lowest BCUT2D eigenvalue weighted by molar-refractivity contribution is 0.229. The van der Waals surface area contributed by atoms with Gasteiger partial charge in [0, 0.05) is 11.9 Å². The molecule has 108 valence electrons. The Balaban J connectivity index is 0.00000147. The molecule has 2 aromatic rings. The predicted octanol–water partition coefficient (Wildman–Crippen LogP) is 2.66. The van der Waals surface area contributed by atoms with Gasteiger partial charge in [-0.2, -0.15) is 4.98 Å². The van der Waals surface area contributed by atoms with Crippen LogP contribution in [0.5, 0.6) is 0 Å². The second kappa shape index (κ2) is 6.56. The Kier molecular flexibility index (Phi) is 5.01. The van der Waals surface area contributed by atoms with Crippen LogP contribution in [-0.2, 0) is 17.0 Å². The lowest BCUT2D eigenvalue weighted by atomic mass is 9.77. The van der Waals surface area contributed by atoms with Crippen LogP contribution in [0.15, 0.2) is 28.9 Å². The van der Waals surface area contributed by atoms with Crippen LogP contribution in [0, 0.1) is 0 Å². The molecule has 1 saturated carbocycles. The Morgan fingerprint density at radius 2 is 2.15 bits per heavy atom. The molecular weight excluding hydrogens is 296 g/mol. The summed E-state index contributed by atoms with van der Waals surface area (Å²) in [5.41, 5.74) is 6.87. The lowest BCUT2D eigenvalue weighted by Crippen LogP contribution is -2.44. The SMILES string of the molecule is Cl.NC1(c2noc(CSCc3ccccn3)n2)CCC1. The molecule has 0 aliphatic heterocycles. The van der Waals surface area contributed by atoms with E-state index in [1.54, 1.807) is 18.0 Å². The fraction of sp³-hybridized carbons (Fsp3) is 0.462. The van der Waals surface area contributed by atoms with Crippen LogP contribution < -0.4 is 5.73 Å². The zero-order valence-electron chi connectivity index (χ0n) is 11.0. The molecule has 0 aromatic carbocycles. The van der Waals surface area contributed by atoms with E-state index in [1.165, 1.54) is 0 Å². The monoisotopic (exact) mass is 312 g/mol. The molecule has 2 aromatic heterocycles. The first-order chi connectivity index (χ1) is 9.26. The molecule has 2 heterocycles. The van der Waals surface area contributed by atoms with Crippen molar-refractivity contribution in [1.29, 1.82) is 0 Å². The normalized spacial score (nSPS) is 16.2. The van der Waals surface area contributed by atoms with Crippen molar-refractivity contribution >= 4 is 24.2 Å². The van der Waals surface area contributed by atoms with Gasteiger partial charge in [-0.3, -0.25) is 4.98 Å². The third-order valence-electron chi connectivity index (χ3n) is 3.36. The van der Waals surface area contributed by atoms with Crippen LogP contribution in [0.2, 0.25) is 0 Å². The number of nitrogens with two attached hydrogens (primary N) is 1. The average Bonchev–Trinajstić information content (AvgIpc) is 2.86. The van der Waals surface area contributed by atoms with Crippen molar-refractivity contribution in [2.45, 2.75) is 36.3 Å². The maximum absolute atomic E-state index is 6.16. The van der Waals surface area contributed by atoms with E-state index in [2.05, 4.69) is 15.1 Å². The number of pyridine rings is 1. The van der Waals surface area contributed by atoms with E-state index in [9.17, 15) is 0 Å². The smallest absolute Gasteiger partial charge is 0.236 e. The second-order valence-corrected chi connectivity index (χ2v) is 5.82. The first-order valence-corrected chi connectivity index (χ1v) is 7.51. The van der Waals surface area contributed by atoms with Crippen LogP contribution in [0.1, 0.15) is 36.7 Å². The van der Waals surface area contributed by atoms with Crippen molar-refractivity contribution in [3.05, 3.63) is 41.8 Å². The van der Waals surface area contributed by atoms with Crippen LogP contribution in [-0.4, -0.2) is 15.1 Å². The van der Waals surface area contributed by atoms with Crippen molar-refractivity contribution in [2.24, 2.45) is 5.73 Å². The highest BCUT2D eigenvalue weighted by Crippen LogP contribution is 2.37. The summed E-state index contributed by atoms with van der Waals surface area (Å²) in [4.78, 5) is 8.66.